The molecular formula is C12H21N3O4S2. The van der Waals surface area contributed by atoms with Crippen LogP contribution in [0.15, 0.2) is 17.0 Å². The topological polar surface area (TPSA) is 118 Å². The van der Waals surface area contributed by atoms with Gasteiger partial charge in [-0.25, -0.2) is 26.3 Å². The van der Waals surface area contributed by atoms with Gasteiger partial charge in [0.15, 0.2) is 0 Å². The molecule has 0 heterocycles. The molecule has 9 heteroatoms. The van der Waals surface area contributed by atoms with E-state index in [4.69, 9.17) is 5.73 Å². The van der Waals surface area contributed by atoms with E-state index in [0.29, 0.717) is 23.2 Å². The van der Waals surface area contributed by atoms with Gasteiger partial charge in [-0.05, 0) is 43.5 Å². The van der Waals surface area contributed by atoms with Crippen molar-refractivity contribution in [2.24, 2.45) is 0 Å². The first-order valence-electron chi connectivity index (χ1n) is 6.34. The summed E-state index contributed by atoms with van der Waals surface area (Å²) in [4.78, 5) is 0.216. The molecule has 0 saturated heterocycles. The van der Waals surface area contributed by atoms with Crippen molar-refractivity contribution in [2.45, 2.75) is 25.2 Å². The molecule has 0 aliphatic rings. The SMILES string of the molecule is Cc1cc(N)cc(C)c1S(=O)(=O)NCCCNS(C)(=O)=O. The van der Waals surface area contributed by atoms with Crippen LogP contribution in [0.25, 0.3) is 0 Å². The summed E-state index contributed by atoms with van der Waals surface area (Å²) < 4.78 is 51.0. The molecule has 0 atom stereocenters. The van der Waals surface area contributed by atoms with Crippen molar-refractivity contribution in [1.82, 2.24) is 9.44 Å². The summed E-state index contributed by atoms with van der Waals surface area (Å²) in [5.41, 5.74) is 7.34. The van der Waals surface area contributed by atoms with E-state index in [9.17, 15) is 16.8 Å². The smallest absolute Gasteiger partial charge is 0.241 e. The standard InChI is InChI=1S/C12H21N3O4S2/c1-9-7-11(13)8-10(2)12(9)21(18,19)15-6-4-5-14-20(3,16)17/h7-8,14-15H,4-6,13H2,1-3H3. The maximum atomic E-state index is 12.3. The van der Waals surface area contributed by atoms with Gasteiger partial charge in [-0.15, -0.1) is 0 Å². The average Bonchev–Trinajstić information content (AvgIpc) is 2.24. The van der Waals surface area contributed by atoms with Crippen molar-refractivity contribution in [3.63, 3.8) is 0 Å². The Morgan fingerprint density at radius 3 is 1.95 bits per heavy atom. The van der Waals surface area contributed by atoms with Crippen LogP contribution in [0.5, 0.6) is 0 Å². The summed E-state index contributed by atoms with van der Waals surface area (Å²) in [5, 5.41) is 0. The van der Waals surface area contributed by atoms with E-state index < -0.39 is 20.0 Å². The molecule has 1 aromatic carbocycles. The number of benzene rings is 1. The zero-order valence-corrected chi connectivity index (χ0v) is 13.9. The third-order valence-electron chi connectivity index (χ3n) is 2.76. The van der Waals surface area contributed by atoms with Crippen molar-refractivity contribution in [1.29, 1.82) is 0 Å². The highest BCUT2D eigenvalue weighted by Crippen LogP contribution is 2.22. The van der Waals surface area contributed by atoms with Crippen molar-refractivity contribution < 1.29 is 16.8 Å². The van der Waals surface area contributed by atoms with Crippen LogP contribution in [0.1, 0.15) is 17.5 Å². The molecule has 0 saturated carbocycles. The zero-order chi connectivity index (χ0) is 16.3. The van der Waals surface area contributed by atoms with E-state index in [1.54, 1.807) is 26.0 Å². The normalized spacial score (nSPS) is 12.5. The lowest BCUT2D eigenvalue weighted by Crippen LogP contribution is -2.30. The van der Waals surface area contributed by atoms with Gasteiger partial charge in [-0.2, -0.15) is 0 Å². The molecule has 0 aliphatic heterocycles. The fraction of sp³-hybridized carbons (Fsp3) is 0.500. The second-order valence-electron chi connectivity index (χ2n) is 4.90. The highest BCUT2D eigenvalue weighted by molar-refractivity contribution is 7.89. The summed E-state index contributed by atoms with van der Waals surface area (Å²) in [5.74, 6) is 0. The molecule has 120 valence electrons. The summed E-state index contributed by atoms with van der Waals surface area (Å²) >= 11 is 0. The van der Waals surface area contributed by atoms with Crippen LogP contribution in [0.4, 0.5) is 5.69 Å². The van der Waals surface area contributed by atoms with Gasteiger partial charge < -0.3 is 5.73 Å². The number of rotatable bonds is 7. The molecule has 7 nitrogen and oxygen atoms in total. The number of aryl methyl sites for hydroxylation is 2. The monoisotopic (exact) mass is 335 g/mol. The quantitative estimate of drug-likeness (QED) is 0.482. The highest BCUT2D eigenvalue weighted by Gasteiger charge is 2.19. The third kappa shape index (κ3) is 5.62. The number of nitrogen functional groups attached to an aromatic ring is 1. The Labute approximate surface area is 126 Å². The molecule has 1 aromatic rings. The number of hydrogen-bond acceptors (Lipinski definition) is 5. The number of sulfonamides is 2. The van der Waals surface area contributed by atoms with Crippen molar-refractivity contribution >= 4 is 25.7 Å². The molecule has 1 rings (SSSR count). The Morgan fingerprint density at radius 1 is 1.00 bits per heavy atom. The Hall–Kier alpha value is -1.16. The molecule has 0 bridgehead atoms. The largest absolute Gasteiger partial charge is 0.399 e. The van der Waals surface area contributed by atoms with Gasteiger partial charge in [0.25, 0.3) is 0 Å². The molecule has 0 radical (unpaired) electrons. The van der Waals surface area contributed by atoms with Gasteiger partial charge in [0.1, 0.15) is 0 Å². The van der Waals surface area contributed by atoms with Gasteiger partial charge >= 0.3 is 0 Å². The minimum absolute atomic E-state index is 0.147. The van der Waals surface area contributed by atoms with Gasteiger partial charge in [0.05, 0.1) is 11.2 Å². The van der Waals surface area contributed by atoms with Crippen LogP contribution >= 0.6 is 0 Å². The minimum Gasteiger partial charge on any atom is -0.399 e. The predicted octanol–water partition coefficient (Wildman–Crippen LogP) is 0.103. The number of hydrogen-bond donors (Lipinski definition) is 3. The highest BCUT2D eigenvalue weighted by atomic mass is 32.2. The maximum absolute atomic E-state index is 12.3. The first kappa shape index (κ1) is 17.9. The Kier molecular flexibility index (Phi) is 5.74. The molecule has 0 aromatic heterocycles. The molecule has 0 fully saturated rings. The van der Waals surface area contributed by atoms with Crippen LogP contribution in [0.2, 0.25) is 0 Å². The van der Waals surface area contributed by atoms with Crippen LogP contribution in [0.3, 0.4) is 0 Å². The number of nitrogens with one attached hydrogen (secondary N) is 2. The second-order valence-corrected chi connectivity index (χ2v) is 8.44. The molecule has 0 aliphatic carbocycles. The van der Waals surface area contributed by atoms with Gasteiger partial charge in [-0.3, -0.25) is 0 Å². The molecular weight excluding hydrogens is 314 g/mol. The van der Waals surface area contributed by atoms with E-state index >= 15 is 0 Å². The molecule has 21 heavy (non-hydrogen) atoms. The maximum Gasteiger partial charge on any atom is 0.241 e. The fourth-order valence-electron chi connectivity index (χ4n) is 2.03. The van der Waals surface area contributed by atoms with Crippen molar-refractivity contribution in [2.75, 3.05) is 25.1 Å². The van der Waals surface area contributed by atoms with Crippen molar-refractivity contribution in [3.05, 3.63) is 23.3 Å². The summed E-state index contributed by atoms with van der Waals surface area (Å²) in [6.45, 7) is 3.70. The summed E-state index contributed by atoms with van der Waals surface area (Å²) in [6, 6.07) is 3.21. The van der Waals surface area contributed by atoms with Crippen LogP contribution in [-0.2, 0) is 20.0 Å². The third-order valence-corrected chi connectivity index (χ3v) is 5.26. The van der Waals surface area contributed by atoms with Crippen molar-refractivity contribution in [3.8, 4) is 0 Å². The first-order valence-corrected chi connectivity index (χ1v) is 9.71. The summed E-state index contributed by atoms with van der Waals surface area (Å²) in [7, 11) is -6.89. The fourth-order valence-corrected chi connectivity index (χ4v) is 4.07. The van der Waals surface area contributed by atoms with E-state index in [1.807, 2.05) is 0 Å². The molecule has 0 amide bonds. The van der Waals surface area contributed by atoms with E-state index in [2.05, 4.69) is 9.44 Å². The Bertz CT molecular complexity index is 689. The second kappa shape index (κ2) is 6.73. The van der Waals surface area contributed by atoms with E-state index in [1.165, 1.54) is 0 Å². The molecule has 0 unspecified atom stereocenters. The van der Waals surface area contributed by atoms with Gasteiger partial charge in [-0.1, -0.05) is 0 Å². The lowest BCUT2D eigenvalue weighted by atomic mass is 10.1. The van der Waals surface area contributed by atoms with E-state index in [0.717, 1.165) is 6.26 Å². The van der Waals surface area contributed by atoms with Crippen LogP contribution in [-0.4, -0.2) is 36.2 Å². The summed E-state index contributed by atoms with van der Waals surface area (Å²) in [6.07, 6.45) is 1.41. The Morgan fingerprint density at radius 2 is 1.48 bits per heavy atom. The minimum atomic E-state index is -3.64. The number of nitrogens with two attached hydrogens (primary N) is 1. The predicted molar refractivity (Wildman–Crippen MR) is 83.0 cm³/mol. The van der Waals surface area contributed by atoms with Crippen LogP contribution < -0.4 is 15.2 Å². The molecule has 0 spiro atoms. The van der Waals surface area contributed by atoms with E-state index in [-0.39, 0.29) is 18.0 Å². The van der Waals surface area contributed by atoms with Gasteiger partial charge in [0, 0.05) is 18.8 Å². The zero-order valence-electron chi connectivity index (χ0n) is 12.3. The van der Waals surface area contributed by atoms with Crippen LogP contribution in [0, 0.1) is 13.8 Å². The lowest BCUT2D eigenvalue weighted by molar-refractivity contribution is 0.574. The Balaban J connectivity index is 2.71. The first-order chi connectivity index (χ1) is 9.53. The number of anilines is 1. The van der Waals surface area contributed by atoms with Gasteiger partial charge in [0.2, 0.25) is 20.0 Å². The average molecular weight is 335 g/mol. The lowest BCUT2D eigenvalue weighted by Gasteiger charge is -2.13. The molecule has 4 N–H and O–H groups in total.